The number of aryl methyl sites for hydroxylation is 1. The molecule has 1 amide bonds. The van der Waals surface area contributed by atoms with Gasteiger partial charge in [-0.15, -0.1) is 11.3 Å². The number of anilines is 1. The number of aromatic nitrogens is 3. The minimum atomic E-state index is -0.154. The third-order valence-corrected chi connectivity index (χ3v) is 5.52. The van der Waals surface area contributed by atoms with Gasteiger partial charge in [-0.05, 0) is 19.1 Å². The van der Waals surface area contributed by atoms with Crippen LogP contribution in [0, 0.1) is 6.92 Å². The highest BCUT2D eigenvalue weighted by atomic mass is 79.9. The second-order valence-corrected chi connectivity index (χ2v) is 8.15. The quantitative estimate of drug-likeness (QED) is 0.432. The highest BCUT2D eigenvalue weighted by Gasteiger charge is 2.15. The zero-order valence-corrected chi connectivity index (χ0v) is 17.7. The topological polar surface area (TPSA) is 59.8 Å². The van der Waals surface area contributed by atoms with Gasteiger partial charge in [0.2, 0.25) is 11.0 Å². The van der Waals surface area contributed by atoms with Gasteiger partial charge in [0.25, 0.3) is 0 Å². The van der Waals surface area contributed by atoms with Crippen LogP contribution in [0.4, 0.5) is 5.82 Å². The van der Waals surface area contributed by atoms with Crippen LogP contribution in [-0.2, 0) is 4.79 Å². The summed E-state index contributed by atoms with van der Waals surface area (Å²) in [4.78, 5) is 16.4. The molecule has 4 rings (SSSR count). The highest BCUT2D eigenvalue weighted by molar-refractivity contribution is 9.10. The van der Waals surface area contributed by atoms with Crippen molar-refractivity contribution >= 4 is 39.0 Å². The number of carbonyl (C=O) groups excluding carboxylic acids is 1. The number of rotatable bonds is 4. The lowest BCUT2D eigenvalue weighted by atomic mass is 10.1. The van der Waals surface area contributed by atoms with E-state index in [1.807, 2.05) is 35.7 Å². The molecule has 0 spiro atoms. The van der Waals surface area contributed by atoms with E-state index in [2.05, 4.69) is 57.5 Å². The maximum absolute atomic E-state index is 11.7. The summed E-state index contributed by atoms with van der Waals surface area (Å²) in [5.74, 6) is 0.439. The maximum atomic E-state index is 11.7. The number of thiazole rings is 1. The average Bonchev–Trinajstić information content (AvgIpc) is 3.30. The first-order chi connectivity index (χ1) is 13.5. The molecule has 140 valence electrons. The molecule has 2 heterocycles. The number of benzene rings is 2. The summed E-state index contributed by atoms with van der Waals surface area (Å²) in [6.07, 6.45) is 0. The summed E-state index contributed by atoms with van der Waals surface area (Å²) in [5.41, 5.74) is 4.87. The standard InChI is InChI=1S/C21H17BrN4OS/c1-13-3-5-16(6-4-13)19-12-28-21(24-19)26-20(23-14(2)27)11-18(25-26)15-7-9-17(22)10-8-15/h3-12H,1-2H3,(H,23,27). The Labute approximate surface area is 175 Å². The predicted molar refractivity (Wildman–Crippen MR) is 117 cm³/mol. The van der Waals surface area contributed by atoms with E-state index in [1.165, 1.54) is 23.8 Å². The number of halogens is 1. The lowest BCUT2D eigenvalue weighted by Crippen LogP contribution is -2.10. The first kappa shape index (κ1) is 18.6. The van der Waals surface area contributed by atoms with Crippen molar-refractivity contribution in [3.05, 3.63) is 70.0 Å². The highest BCUT2D eigenvalue weighted by Crippen LogP contribution is 2.29. The van der Waals surface area contributed by atoms with Crippen molar-refractivity contribution in [2.45, 2.75) is 13.8 Å². The van der Waals surface area contributed by atoms with Gasteiger partial charge in [0.15, 0.2) is 0 Å². The molecule has 0 saturated heterocycles. The van der Waals surface area contributed by atoms with Crippen molar-refractivity contribution in [1.82, 2.24) is 14.8 Å². The number of carbonyl (C=O) groups is 1. The Balaban J connectivity index is 1.74. The van der Waals surface area contributed by atoms with E-state index in [4.69, 9.17) is 4.98 Å². The summed E-state index contributed by atoms with van der Waals surface area (Å²) in [6.45, 7) is 3.54. The van der Waals surface area contributed by atoms with Gasteiger partial charge in [0.1, 0.15) is 5.82 Å². The number of hydrogen-bond acceptors (Lipinski definition) is 4. The number of nitrogens with one attached hydrogen (secondary N) is 1. The van der Waals surface area contributed by atoms with E-state index in [0.29, 0.717) is 10.9 Å². The number of amides is 1. The number of nitrogens with zero attached hydrogens (tertiary/aromatic N) is 3. The Kier molecular flexibility index (Phi) is 5.11. The largest absolute Gasteiger partial charge is 0.311 e. The van der Waals surface area contributed by atoms with Crippen LogP contribution in [0.5, 0.6) is 0 Å². The maximum Gasteiger partial charge on any atom is 0.222 e. The van der Waals surface area contributed by atoms with E-state index in [0.717, 1.165) is 27.0 Å². The summed E-state index contributed by atoms with van der Waals surface area (Å²) >= 11 is 4.93. The molecule has 0 aliphatic carbocycles. The van der Waals surface area contributed by atoms with Crippen LogP contribution in [-0.4, -0.2) is 20.7 Å². The molecule has 2 aromatic heterocycles. The molecule has 28 heavy (non-hydrogen) atoms. The van der Waals surface area contributed by atoms with Crippen molar-refractivity contribution in [3.63, 3.8) is 0 Å². The molecule has 0 bridgehead atoms. The lowest BCUT2D eigenvalue weighted by Gasteiger charge is -2.03. The molecule has 5 nitrogen and oxygen atoms in total. The van der Waals surface area contributed by atoms with Gasteiger partial charge in [-0.25, -0.2) is 4.98 Å². The van der Waals surface area contributed by atoms with Gasteiger partial charge < -0.3 is 5.32 Å². The summed E-state index contributed by atoms with van der Waals surface area (Å²) in [7, 11) is 0. The van der Waals surface area contributed by atoms with E-state index < -0.39 is 0 Å². The molecule has 0 aliphatic heterocycles. The van der Waals surface area contributed by atoms with Gasteiger partial charge >= 0.3 is 0 Å². The SMILES string of the molecule is CC(=O)Nc1cc(-c2ccc(Br)cc2)nn1-c1nc(-c2ccc(C)cc2)cs1. The van der Waals surface area contributed by atoms with Crippen LogP contribution in [0.2, 0.25) is 0 Å². The van der Waals surface area contributed by atoms with E-state index in [1.54, 1.807) is 4.68 Å². The molecule has 0 fully saturated rings. The van der Waals surface area contributed by atoms with Crippen LogP contribution in [0.25, 0.3) is 27.6 Å². The Morgan fingerprint density at radius 3 is 2.36 bits per heavy atom. The molecule has 0 saturated carbocycles. The molecule has 4 aromatic rings. The molecule has 0 radical (unpaired) electrons. The van der Waals surface area contributed by atoms with Gasteiger partial charge in [-0.2, -0.15) is 9.78 Å². The second kappa shape index (κ2) is 7.69. The molecule has 0 aliphatic rings. The van der Waals surface area contributed by atoms with Gasteiger partial charge in [0, 0.05) is 34.0 Å². The van der Waals surface area contributed by atoms with Crippen molar-refractivity contribution in [2.24, 2.45) is 0 Å². The Hall–Kier alpha value is -2.77. The van der Waals surface area contributed by atoms with Gasteiger partial charge in [0.05, 0.1) is 11.4 Å². The van der Waals surface area contributed by atoms with Crippen LogP contribution in [0.1, 0.15) is 12.5 Å². The smallest absolute Gasteiger partial charge is 0.222 e. The Morgan fingerprint density at radius 1 is 1.04 bits per heavy atom. The molecule has 0 unspecified atom stereocenters. The molecule has 1 N–H and O–H groups in total. The monoisotopic (exact) mass is 452 g/mol. The van der Waals surface area contributed by atoms with Crippen LogP contribution in [0.3, 0.4) is 0 Å². The van der Waals surface area contributed by atoms with Gasteiger partial charge in [-0.3, -0.25) is 4.79 Å². The third-order valence-electron chi connectivity index (χ3n) is 4.17. The first-order valence-electron chi connectivity index (χ1n) is 8.66. The fraction of sp³-hybridized carbons (Fsp3) is 0.0952. The summed E-state index contributed by atoms with van der Waals surface area (Å²) in [5, 5.41) is 10.2. The minimum absolute atomic E-state index is 0.154. The fourth-order valence-electron chi connectivity index (χ4n) is 2.78. The Morgan fingerprint density at radius 2 is 1.68 bits per heavy atom. The van der Waals surface area contributed by atoms with Crippen molar-refractivity contribution in [2.75, 3.05) is 5.32 Å². The zero-order valence-electron chi connectivity index (χ0n) is 15.3. The summed E-state index contributed by atoms with van der Waals surface area (Å²) < 4.78 is 2.68. The van der Waals surface area contributed by atoms with Crippen molar-refractivity contribution < 1.29 is 4.79 Å². The normalized spacial score (nSPS) is 10.8. The molecule has 7 heteroatoms. The molecule has 0 atom stereocenters. The zero-order chi connectivity index (χ0) is 19.7. The van der Waals surface area contributed by atoms with Crippen molar-refractivity contribution in [1.29, 1.82) is 0 Å². The van der Waals surface area contributed by atoms with E-state index in [-0.39, 0.29) is 5.91 Å². The average molecular weight is 453 g/mol. The van der Waals surface area contributed by atoms with Gasteiger partial charge in [-0.1, -0.05) is 57.9 Å². The second-order valence-electron chi connectivity index (χ2n) is 6.40. The summed E-state index contributed by atoms with van der Waals surface area (Å²) in [6, 6.07) is 18.0. The van der Waals surface area contributed by atoms with E-state index >= 15 is 0 Å². The van der Waals surface area contributed by atoms with Crippen LogP contribution in [0.15, 0.2) is 64.5 Å². The van der Waals surface area contributed by atoms with Crippen LogP contribution < -0.4 is 5.32 Å². The minimum Gasteiger partial charge on any atom is -0.311 e. The first-order valence-corrected chi connectivity index (χ1v) is 10.3. The van der Waals surface area contributed by atoms with E-state index in [9.17, 15) is 4.79 Å². The molecular weight excluding hydrogens is 436 g/mol. The lowest BCUT2D eigenvalue weighted by molar-refractivity contribution is -0.114. The third kappa shape index (κ3) is 3.90. The predicted octanol–water partition coefficient (Wildman–Crippen LogP) is 5.69. The van der Waals surface area contributed by atoms with Crippen molar-refractivity contribution in [3.8, 4) is 27.6 Å². The molecule has 2 aromatic carbocycles. The molecular formula is C21H17BrN4OS. The Bertz CT molecular complexity index is 1130. The number of hydrogen-bond donors (Lipinski definition) is 1. The van der Waals surface area contributed by atoms with Crippen LogP contribution >= 0.6 is 27.3 Å². The fourth-order valence-corrected chi connectivity index (χ4v) is 3.84.